The molecule has 1 aliphatic carbocycles. The van der Waals surface area contributed by atoms with Crippen molar-refractivity contribution in [1.82, 2.24) is 15.3 Å². The van der Waals surface area contributed by atoms with Gasteiger partial charge >= 0.3 is 12.1 Å². The lowest BCUT2D eigenvalue weighted by atomic mass is 10.1. The molecule has 1 fully saturated rings. The molecule has 8 nitrogen and oxygen atoms in total. The number of amides is 1. The van der Waals surface area contributed by atoms with Crippen molar-refractivity contribution in [2.24, 2.45) is 0 Å². The van der Waals surface area contributed by atoms with Crippen LogP contribution in [0.1, 0.15) is 73.6 Å². The van der Waals surface area contributed by atoms with E-state index in [0.717, 1.165) is 30.5 Å². The van der Waals surface area contributed by atoms with Gasteiger partial charge in [0, 0.05) is 17.7 Å². The van der Waals surface area contributed by atoms with Crippen LogP contribution in [-0.2, 0) is 15.7 Å². The molecule has 42 heavy (non-hydrogen) atoms. The summed E-state index contributed by atoms with van der Waals surface area (Å²) in [6.45, 7) is 9.08. The summed E-state index contributed by atoms with van der Waals surface area (Å²) in [6, 6.07) is 10.0. The number of aryl methyl sites for hydroxylation is 1. The monoisotopic (exact) mass is 585 g/mol. The van der Waals surface area contributed by atoms with Crippen LogP contribution in [-0.4, -0.2) is 46.7 Å². The fourth-order valence-corrected chi connectivity index (χ4v) is 4.25. The number of nitrogens with zero attached hydrogens (tertiary/aromatic N) is 2. The summed E-state index contributed by atoms with van der Waals surface area (Å²) in [5.74, 6) is 0.429. The van der Waals surface area contributed by atoms with E-state index in [4.69, 9.17) is 14.2 Å². The molecule has 0 aliphatic heterocycles. The Morgan fingerprint density at radius 2 is 1.86 bits per heavy atom. The van der Waals surface area contributed by atoms with Crippen LogP contribution in [0.5, 0.6) is 11.5 Å². The molecule has 0 radical (unpaired) electrons. The summed E-state index contributed by atoms with van der Waals surface area (Å²) in [5, 5.41) is 2.84. The van der Waals surface area contributed by atoms with Crippen molar-refractivity contribution < 1.29 is 37.0 Å². The molecule has 1 aromatic heterocycles. The highest BCUT2D eigenvalue weighted by Crippen LogP contribution is 2.41. The van der Waals surface area contributed by atoms with E-state index in [0.29, 0.717) is 22.8 Å². The van der Waals surface area contributed by atoms with Crippen LogP contribution >= 0.6 is 0 Å². The Morgan fingerprint density at radius 1 is 1.12 bits per heavy atom. The lowest BCUT2D eigenvalue weighted by molar-refractivity contribution is -0.158. The van der Waals surface area contributed by atoms with Crippen LogP contribution in [0.2, 0.25) is 0 Å². The van der Waals surface area contributed by atoms with Gasteiger partial charge in [-0.2, -0.15) is 13.2 Å². The SMILES string of the molecule is CCOC(=O)C(C)(C)Oc1ccc(OC(C)CNC(=O)c2cnc(-c3cccc(C(F)(F)F)c3)nc2C2CC2)cc1C. The Kier molecular flexibility index (Phi) is 9.08. The third kappa shape index (κ3) is 7.57. The van der Waals surface area contributed by atoms with E-state index in [1.54, 1.807) is 45.9 Å². The molecule has 2 aromatic carbocycles. The first-order valence-corrected chi connectivity index (χ1v) is 13.7. The number of esters is 1. The zero-order valence-corrected chi connectivity index (χ0v) is 24.2. The lowest BCUT2D eigenvalue weighted by Gasteiger charge is -2.25. The molecule has 1 heterocycles. The van der Waals surface area contributed by atoms with Crippen molar-refractivity contribution in [3.63, 3.8) is 0 Å². The zero-order valence-electron chi connectivity index (χ0n) is 24.2. The third-order valence-corrected chi connectivity index (χ3v) is 6.64. The fourth-order valence-electron chi connectivity index (χ4n) is 4.25. The van der Waals surface area contributed by atoms with Gasteiger partial charge in [0.05, 0.1) is 30.0 Å². The smallest absolute Gasteiger partial charge is 0.416 e. The van der Waals surface area contributed by atoms with Gasteiger partial charge in [-0.25, -0.2) is 14.8 Å². The average molecular weight is 586 g/mol. The molecule has 4 rings (SSSR count). The minimum absolute atomic E-state index is 0.0597. The Labute approximate surface area is 242 Å². The molecule has 0 bridgehead atoms. The van der Waals surface area contributed by atoms with Crippen molar-refractivity contribution in [2.45, 2.75) is 71.3 Å². The first-order valence-electron chi connectivity index (χ1n) is 13.7. The van der Waals surface area contributed by atoms with E-state index in [1.165, 1.54) is 18.3 Å². The van der Waals surface area contributed by atoms with Gasteiger partial charge in [0.15, 0.2) is 11.4 Å². The summed E-state index contributed by atoms with van der Waals surface area (Å²) in [4.78, 5) is 33.9. The van der Waals surface area contributed by atoms with Crippen molar-refractivity contribution in [2.75, 3.05) is 13.2 Å². The Bertz CT molecular complexity index is 1450. The molecule has 1 amide bonds. The van der Waals surface area contributed by atoms with Crippen LogP contribution < -0.4 is 14.8 Å². The highest BCUT2D eigenvalue weighted by atomic mass is 19.4. The molecule has 0 spiro atoms. The van der Waals surface area contributed by atoms with Crippen molar-refractivity contribution in [1.29, 1.82) is 0 Å². The lowest BCUT2D eigenvalue weighted by Crippen LogP contribution is -2.39. The van der Waals surface area contributed by atoms with Gasteiger partial charge < -0.3 is 19.5 Å². The molecule has 1 saturated carbocycles. The number of rotatable bonds is 11. The Morgan fingerprint density at radius 3 is 2.50 bits per heavy atom. The maximum Gasteiger partial charge on any atom is 0.416 e. The van der Waals surface area contributed by atoms with Gasteiger partial charge in [0.2, 0.25) is 0 Å². The van der Waals surface area contributed by atoms with Gasteiger partial charge in [-0.05, 0) is 83.4 Å². The molecule has 3 aromatic rings. The van der Waals surface area contributed by atoms with Crippen LogP contribution in [0.4, 0.5) is 13.2 Å². The number of hydrogen-bond donors (Lipinski definition) is 1. The Hall–Kier alpha value is -4.15. The van der Waals surface area contributed by atoms with E-state index in [9.17, 15) is 22.8 Å². The van der Waals surface area contributed by atoms with E-state index in [1.807, 2.05) is 6.92 Å². The van der Waals surface area contributed by atoms with Crippen LogP contribution in [0.15, 0.2) is 48.7 Å². The first-order chi connectivity index (χ1) is 19.8. The van der Waals surface area contributed by atoms with E-state index in [2.05, 4.69) is 15.3 Å². The number of ether oxygens (including phenoxy) is 3. The van der Waals surface area contributed by atoms with Gasteiger partial charge in [0.1, 0.15) is 17.6 Å². The summed E-state index contributed by atoms with van der Waals surface area (Å²) in [6.07, 6.45) is -1.82. The van der Waals surface area contributed by atoms with Crippen molar-refractivity contribution in [3.8, 4) is 22.9 Å². The molecule has 1 atom stereocenters. The number of alkyl halides is 3. The molecule has 224 valence electrons. The molecule has 1 aliphatic rings. The highest BCUT2D eigenvalue weighted by molar-refractivity contribution is 5.95. The molecular formula is C31H34F3N3O5. The van der Waals surface area contributed by atoms with E-state index in [-0.39, 0.29) is 36.4 Å². The van der Waals surface area contributed by atoms with Crippen LogP contribution in [0, 0.1) is 6.92 Å². The molecular weight excluding hydrogens is 551 g/mol. The zero-order chi connectivity index (χ0) is 30.7. The quantitative estimate of drug-likeness (QED) is 0.265. The van der Waals surface area contributed by atoms with Gasteiger partial charge in [-0.3, -0.25) is 4.79 Å². The molecule has 0 saturated heterocycles. The summed E-state index contributed by atoms with van der Waals surface area (Å²) >= 11 is 0. The van der Waals surface area contributed by atoms with E-state index >= 15 is 0 Å². The number of carbonyl (C=O) groups is 2. The van der Waals surface area contributed by atoms with Crippen molar-refractivity contribution >= 4 is 11.9 Å². The van der Waals surface area contributed by atoms with Gasteiger partial charge in [-0.1, -0.05) is 12.1 Å². The second-order valence-corrected chi connectivity index (χ2v) is 10.7. The maximum absolute atomic E-state index is 13.2. The first kappa shape index (κ1) is 30.8. The summed E-state index contributed by atoms with van der Waals surface area (Å²) in [5.41, 5.74) is -0.132. The summed E-state index contributed by atoms with van der Waals surface area (Å²) in [7, 11) is 0. The fraction of sp³-hybridized carbons (Fsp3) is 0.419. The number of hydrogen-bond acceptors (Lipinski definition) is 7. The minimum Gasteiger partial charge on any atom is -0.489 e. The normalized spacial score (nSPS) is 14.2. The number of halogens is 3. The predicted molar refractivity (Wildman–Crippen MR) is 149 cm³/mol. The van der Waals surface area contributed by atoms with Crippen LogP contribution in [0.3, 0.4) is 0 Å². The third-order valence-electron chi connectivity index (χ3n) is 6.64. The maximum atomic E-state index is 13.2. The number of aromatic nitrogens is 2. The number of carbonyl (C=O) groups excluding carboxylic acids is 2. The molecule has 1 N–H and O–H groups in total. The average Bonchev–Trinajstić information content (AvgIpc) is 3.78. The predicted octanol–water partition coefficient (Wildman–Crippen LogP) is 6.27. The second kappa shape index (κ2) is 12.4. The second-order valence-electron chi connectivity index (χ2n) is 10.7. The van der Waals surface area contributed by atoms with Crippen molar-refractivity contribution in [3.05, 3.63) is 71.0 Å². The standard InChI is InChI=1S/C31H34F3N3O5/c1-6-40-29(39)30(4,5)42-25-13-12-23(14-18(25)2)41-19(3)16-36-28(38)24-17-35-27(37-26(24)20-10-11-20)21-8-7-9-22(15-21)31(32,33)34/h7-9,12-15,17,19-20H,6,10-11,16H2,1-5H3,(H,36,38). The van der Waals surface area contributed by atoms with Gasteiger partial charge in [0.25, 0.3) is 5.91 Å². The van der Waals surface area contributed by atoms with E-state index < -0.39 is 29.4 Å². The molecule has 11 heteroatoms. The van der Waals surface area contributed by atoms with Gasteiger partial charge in [-0.15, -0.1) is 0 Å². The highest BCUT2D eigenvalue weighted by Gasteiger charge is 2.33. The topological polar surface area (TPSA) is 99.6 Å². The minimum atomic E-state index is -4.48. The number of benzene rings is 2. The largest absolute Gasteiger partial charge is 0.489 e. The number of nitrogens with one attached hydrogen (secondary N) is 1. The molecule has 1 unspecified atom stereocenters. The summed E-state index contributed by atoms with van der Waals surface area (Å²) < 4.78 is 56.5. The van der Waals surface area contributed by atoms with Crippen LogP contribution in [0.25, 0.3) is 11.4 Å². The Balaban J connectivity index is 1.39.